The van der Waals surface area contributed by atoms with Gasteiger partial charge < -0.3 is 19.9 Å². The summed E-state index contributed by atoms with van der Waals surface area (Å²) in [5, 5.41) is 8.56. The first-order chi connectivity index (χ1) is 13.2. The standard InChI is InChI=1S/C18H19N5O3S/c1-25-13-6-7-14-12(10-13)4-2-8-22(14)16(24)11-27-18-21-20-17(23(18)19)15-5-3-9-26-15/h3,5-7,9-10H,2,4,8,11,19H2,1H3. The number of fused-ring (bicyclic) bond motifs is 1. The van der Waals surface area contributed by atoms with Gasteiger partial charge in [-0.1, -0.05) is 11.8 Å². The molecule has 0 aliphatic carbocycles. The zero-order chi connectivity index (χ0) is 18.8. The summed E-state index contributed by atoms with van der Waals surface area (Å²) < 4.78 is 11.9. The number of aromatic nitrogens is 3. The van der Waals surface area contributed by atoms with Gasteiger partial charge in [-0.3, -0.25) is 4.79 Å². The van der Waals surface area contributed by atoms with Gasteiger partial charge in [0.15, 0.2) is 5.76 Å². The molecule has 1 aliphatic rings. The molecular weight excluding hydrogens is 366 g/mol. The summed E-state index contributed by atoms with van der Waals surface area (Å²) in [5.74, 6) is 8.03. The Labute approximate surface area is 160 Å². The van der Waals surface area contributed by atoms with Gasteiger partial charge in [-0.25, -0.2) is 4.68 Å². The van der Waals surface area contributed by atoms with Crippen molar-refractivity contribution in [3.8, 4) is 17.3 Å². The average molecular weight is 385 g/mol. The number of carbonyl (C=O) groups excluding carboxylic acids is 1. The van der Waals surface area contributed by atoms with Gasteiger partial charge in [-0.15, -0.1) is 10.2 Å². The van der Waals surface area contributed by atoms with Crippen LogP contribution in [0.25, 0.3) is 11.6 Å². The molecule has 8 nitrogen and oxygen atoms in total. The van der Waals surface area contributed by atoms with Crippen LogP contribution >= 0.6 is 11.8 Å². The summed E-state index contributed by atoms with van der Waals surface area (Å²) in [6.45, 7) is 0.700. The highest BCUT2D eigenvalue weighted by atomic mass is 32.2. The van der Waals surface area contributed by atoms with E-state index < -0.39 is 0 Å². The number of ether oxygens (including phenoxy) is 1. The molecule has 4 rings (SSSR count). The molecule has 140 valence electrons. The first-order valence-electron chi connectivity index (χ1n) is 8.52. The molecule has 2 aromatic heterocycles. The van der Waals surface area contributed by atoms with E-state index in [1.165, 1.54) is 16.4 Å². The summed E-state index contributed by atoms with van der Waals surface area (Å²) in [6.07, 6.45) is 3.41. The highest BCUT2D eigenvalue weighted by molar-refractivity contribution is 7.99. The van der Waals surface area contributed by atoms with Crippen LogP contribution in [0.5, 0.6) is 5.75 Å². The van der Waals surface area contributed by atoms with Gasteiger partial charge in [0.1, 0.15) is 5.75 Å². The molecule has 0 unspecified atom stereocenters. The van der Waals surface area contributed by atoms with Crippen LogP contribution in [-0.4, -0.2) is 40.2 Å². The van der Waals surface area contributed by atoms with E-state index >= 15 is 0 Å². The van der Waals surface area contributed by atoms with Gasteiger partial charge in [0.25, 0.3) is 0 Å². The summed E-state index contributed by atoms with van der Waals surface area (Å²) >= 11 is 1.26. The summed E-state index contributed by atoms with van der Waals surface area (Å²) in [6, 6.07) is 9.32. The predicted octanol–water partition coefficient (Wildman–Crippen LogP) is 2.33. The molecule has 1 aromatic carbocycles. The van der Waals surface area contributed by atoms with Crippen LogP contribution in [0.15, 0.2) is 46.2 Å². The van der Waals surface area contributed by atoms with Crippen LogP contribution in [0.4, 0.5) is 5.69 Å². The van der Waals surface area contributed by atoms with Crippen molar-refractivity contribution in [1.29, 1.82) is 0 Å². The quantitative estimate of drug-likeness (QED) is 0.531. The first kappa shape index (κ1) is 17.5. The van der Waals surface area contributed by atoms with Gasteiger partial charge in [0.05, 0.1) is 19.1 Å². The monoisotopic (exact) mass is 385 g/mol. The van der Waals surface area contributed by atoms with Crippen molar-refractivity contribution in [2.45, 2.75) is 18.0 Å². The summed E-state index contributed by atoms with van der Waals surface area (Å²) in [4.78, 5) is 14.6. The molecule has 0 bridgehead atoms. The maximum Gasteiger partial charge on any atom is 0.237 e. The van der Waals surface area contributed by atoms with Crippen molar-refractivity contribution in [2.75, 3.05) is 30.1 Å². The number of hydrogen-bond acceptors (Lipinski definition) is 7. The number of rotatable bonds is 5. The van der Waals surface area contributed by atoms with E-state index in [4.69, 9.17) is 15.0 Å². The lowest BCUT2D eigenvalue weighted by Crippen LogP contribution is -2.36. The Morgan fingerprint density at radius 1 is 1.37 bits per heavy atom. The Morgan fingerprint density at radius 3 is 3.04 bits per heavy atom. The molecule has 27 heavy (non-hydrogen) atoms. The van der Waals surface area contributed by atoms with Crippen LogP contribution in [0.1, 0.15) is 12.0 Å². The molecule has 1 aliphatic heterocycles. The van der Waals surface area contributed by atoms with E-state index in [1.54, 1.807) is 25.5 Å². The van der Waals surface area contributed by atoms with Crippen LogP contribution in [0.3, 0.4) is 0 Å². The molecule has 9 heteroatoms. The van der Waals surface area contributed by atoms with E-state index in [0.29, 0.717) is 23.3 Å². The molecule has 2 N–H and O–H groups in total. The lowest BCUT2D eigenvalue weighted by Gasteiger charge is -2.29. The first-order valence-corrected chi connectivity index (χ1v) is 9.50. The largest absolute Gasteiger partial charge is 0.497 e. The number of carbonyl (C=O) groups is 1. The molecule has 1 amide bonds. The minimum Gasteiger partial charge on any atom is -0.497 e. The summed E-state index contributed by atoms with van der Waals surface area (Å²) in [7, 11) is 1.64. The van der Waals surface area contributed by atoms with E-state index in [0.717, 1.165) is 29.8 Å². The van der Waals surface area contributed by atoms with Crippen molar-refractivity contribution in [2.24, 2.45) is 0 Å². The third-order valence-electron chi connectivity index (χ3n) is 4.44. The molecule has 0 spiro atoms. The molecule has 0 atom stereocenters. The fourth-order valence-electron chi connectivity index (χ4n) is 3.11. The van der Waals surface area contributed by atoms with Crippen molar-refractivity contribution in [3.63, 3.8) is 0 Å². The van der Waals surface area contributed by atoms with E-state index in [-0.39, 0.29) is 11.7 Å². The molecule has 3 heterocycles. The Bertz CT molecular complexity index is 954. The smallest absolute Gasteiger partial charge is 0.237 e. The SMILES string of the molecule is COc1ccc2c(c1)CCCN2C(=O)CSc1nnc(-c2ccco2)n1N. The normalized spacial score (nSPS) is 13.4. The van der Waals surface area contributed by atoms with Crippen LogP contribution < -0.4 is 15.5 Å². The number of thioether (sulfide) groups is 1. The van der Waals surface area contributed by atoms with Crippen molar-refractivity contribution in [3.05, 3.63) is 42.2 Å². The third kappa shape index (κ3) is 3.37. The number of hydrogen-bond donors (Lipinski definition) is 1. The maximum atomic E-state index is 12.8. The van der Waals surface area contributed by atoms with Crippen molar-refractivity contribution < 1.29 is 13.9 Å². The second kappa shape index (κ2) is 7.36. The molecule has 3 aromatic rings. The second-order valence-electron chi connectivity index (χ2n) is 6.09. The maximum absolute atomic E-state index is 12.8. The van der Waals surface area contributed by atoms with Gasteiger partial charge in [-0.2, -0.15) is 0 Å². The van der Waals surface area contributed by atoms with Gasteiger partial charge in [0.2, 0.25) is 16.9 Å². The number of anilines is 1. The van der Waals surface area contributed by atoms with Gasteiger partial charge >= 0.3 is 0 Å². The fraction of sp³-hybridized carbons (Fsp3) is 0.278. The highest BCUT2D eigenvalue weighted by Crippen LogP contribution is 2.31. The lowest BCUT2D eigenvalue weighted by atomic mass is 10.0. The third-order valence-corrected chi connectivity index (χ3v) is 5.37. The number of amides is 1. The second-order valence-corrected chi connectivity index (χ2v) is 7.03. The zero-order valence-electron chi connectivity index (χ0n) is 14.8. The average Bonchev–Trinajstić information content (AvgIpc) is 3.35. The zero-order valence-corrected chi connectivity index (χ0v) is 15.6. The minimum atomic E-state index is 0.00802. The van der Waals surface area contributed by atoms with E-state index in [2.05, 4.69) is 10.2 Å². The number of furan rings is 1. The Hall–Kier alpha value is -2.94. The van der Waals surface area contributed by atoms with E-state index in [9.17, 15) is 4.79 Å². The number of nitrogen functional groups attached to an aromatic ring is 1. The topological polar surface area (TPSA) is 99.4 Å². The molecule has 0 saturated heterocycles. The Balaban J connectivity index is 1.47. The fourth-order valence-corrected chi connectivity index (χ4v) is 3.85. The number of nitrogens with zero attached hydrogens (tertiary/aromatic N) is 4. The van der Waals surface area contributed by atoms with Crippen molar-refractivity contribution >= 4 is 23.4 Å². The molecule has 0 fully saturated rings. The van der Waals surface area contributed by atoms with Gasteiger partial charge in [0, 0.05) is 12.2 Å². The number of benzene rings is 1. The van der Waals surface area contributed by atoms with Crippen LogP contribution in [-0.2, 0) is 11.2 Å². The number of nitrogens with two attached hydrogens (primary N) is 1. The van der Waals surface area contributed by atoms with Gasteiger partial charge in [-0.05, 0) is 48.7 Å². The molecular formula is C18H19N5O3S. The predicted molar refractivity (Wildman–Crippen MR) is 102 cm³/mol. The highest BCUT2D eigenvalue weighted by Gasteiger charge is 2.24. The van der Waals surface area contributed by atoms with E-state index in [1.807, 2.05) is 23.1 Å². The van der Waals surface area contributed by atoms with Crippen molar-refractivity contribution in [1.82, 2.24) is 14.9 Å². The number of aryl methyl sites for hydroxylation is 1. The molecule has 0 radical (unpaired) electrons. The van der Waals surface area contributed by atoms with Crippen LogP contribution in [0.2, 0.25) is 0 Å². The lowest BCUT2D eigenvalue weighted by molar-refractivity contribution is -0.116. The number of methoxy groups -OCH3 is 1. The Morgan fingerprint density at radius 2 is 2.26 bits per heavy atom. The Kier molecular flexibility index (Phi) is 4.76. The molecule has 0 saturated carbocycles. The summed E-state index contributed by atoms with van der Waals surface area (Å²) in [5.41, 5.74) is 2.07. The minimum absolute atomic E-state index is 0.00802. The van der Waals surface area contributed by atoms with Crippen LogP contribution in [0, 0.1) is 0 Å².